The van der Waals surface area contributed by atoms with Crippen LogP contribution in [0.25, 0.3) is 11.1 Å². The Morgan fingerprint density at radius 2 is 1.93 bits per heavy atom. The Bertz CT molecular complexity index is 1500. The minimum atomic E-state index is -0.722. The fraction of sp³-hybridized carbons (Fsp3) is 0.226. The van der Waals surface area contributed by atoms with Gasteiger partial charge in [0, 0.05) is 24.0 Å². The highest BCUT2D eigenvalue weighted by Crippen LogP contribution is 2.28. The van der Waals surface area contributed by atoms with Crippen LogP contribution in [0.3, 0.4) is 0 Å². The molecule has 0 saturated heterocycles. The van der Waals surface area contributed by atoms with Crippen LogP contribution in [0.1, 0.15) is 33.6 Å². The first-order chi connectivity index (χ1) is 19.5. The molecule has 0 aliphatic heterocycles. The number of ether oxygens (including phenoxy) is 1. The highest BCUT2D eigenvalue weighted by molar-refractivity contribution is 7.98. The Morgan fingerprint density at radius 1 is 1.10 bits per heavy atom. The van der Waals surface area contributed by atoms with Crippen molar-refractivity contribution in [2.75, 3.05) is 24.4 Å². The van der Waals surface area contributed by atoms with E-state index in [0.29, 0.717) is 30.6 Å². The van der Waals surface area contributed by atoms with Crippen molar-refractivity contribution >= 4 is 29.3 Å². The fourth-order valence-electron chi connectivity index (χ4n) is 4.34. The second kappa shape index (κ2) is 14.0. The highest BCUT2D eigenvalue weighted by atomic mass is 32.2. The molecule has 1 aromatic heterocycles. The zero-order valence-corrected chi connectivity index (χ0v) is 23.3. The molecule has 40 heavy (non-hydrogen) atoms. The van der Waals surface area contributed by atoms with Crippen LogP contribution < -0.4 is 10.6 Å². The number of hydrogen-bond acceptors (Lipinski definition) is 7. The van der Waals surface area contributed by atoms with Gasteiger partial charge in [0.2, 0.25) is 0 Å². The van der Waals surface area contributed by atoms with Crippen molar-refractivity contribution in [1.82, 2.24) is 14.9 Å². The number of carbonyl (C=O) groups excluding carboxylic acids is 2. The number of benzene rings is 3. The van der Waals surface area contributed by atoms with Crippen LogP contribution in [-0.4, -0.2) is 46.6 Å². The van der Waals surface area contributed by atoms with Crippen molar-refractivity contribution in [2.45, 2.75) is 25.6 Å². The maximum atomic E-state index is 13.4. The van der Waals surface area contributed by atoms with E-state index in [1.54, 1.807) is 30.2 Å². The van der Waals surface area contributed by atoms with E-state index >= 15 is 0 Å². The second-order valence-corrected chi connectivity index (χ2v) is 10.1. The molecule has 0 aliphatic rings. The highest BCUT2D eigenvalue weighted by Gasteiger charge is 2.23. The molecule has 0 spiro atoms. The molecule has 3 aromatic carbocycles. The van der Waals surface area contributed by atoms with Gasteiger partial charge in [-0.3, -0.25) is 4.79 Å². The maximum Gasteiger partial charge on any atom is 0.328 e. The molecule has 9 heteroatoms. The van der Waals surface area contributed by atoms with Crippen molar-refractivity contribution in [3.05, 3.63) is 108 Å². The predicted molar refractivity (Wildman–Crippen MR) is 158 cm³/mol. The monoisotopic (exact) mass is 553 g/mol. The molecule has 4 rings (SSSR count). The van der Waals surface area contributed by atoms with Gasteiger partial charge in [0.1, 0.15) is 6.04 Å². The Balaban J connectivity index is 1.54. The van der Waals surface area contributed by atoms with Gasteiger partial charge >= 0.3 is 5.97 Å². The van der Waals surface area contributed by atoms with E-state index in [9.17, 15) is 14.9 Å². The second-order valence-electron chi connectivity index (χ2n) is 9.14. The number of methoxy groups -OCH3 is 1. The number of imidazole rings is 1. The minimum Gasteiger partial charge on any atom is -0.467 e. The molecule has 0 fully saturated rings. The van der Waals surface area contributed by atoms with Crippen LogP contribution >= 0.6 is 11.8 Å². The lowest BCUT2D eigenvalue weighted by Crippen LogP contribution is -2.42. The Hall–Kier alpha value is -4.55. The van der Waals surface area contributed by atoms with E-state index in [4.69, 9.17) is 4.74 Å². The molecule has 0 bridgehead atoms. The first kappa shape index (κ1) is 28.5. The van der Waals surface area contributed by atoms with Gasteiger partial charge < -0.3 is 19.9 Å². The standard InChI is InChI=1S/C31H31N5O3S/c1-39-31(38)29(13-14-40-2)35-30(37)27-12-11-25(16-28(27)24-9-4-3-5-10-24)34-19-26-18-33-21-36(26)20-23-8-6-7-22(15-23)17-32/h3-12,15-16,18,21,29,34H,13-14,19-20H2,1-2H3,(H,35,37)/t29-/m0/s1. The topological polar surface area (TPSA) is 109 Å². The smallest absolute Gasteiger partial charge is 0.328 e. The summed E-state index contributed by atoms with van der Waals surface area (Å²) in [7, 11) is 1.33. The third-order valence-corrected chi connectivity index (χ3v) is 7.08. The van der Waals surface area contributed by atoms with Gasteiger partial charge in [-0.2, -0.15) is 17.0 Å². The molecule has 0 unspecified atom stereocenters. The van der Waals surface area contributed by atoms with Gasteiger partial charge in [0.05, 0.1) is 37.3 Å². The number of nitrogens with zero attached hydrogens (tertiary/aromatic N) is 3. The summed E-state index contributed by atoms with van der Waals surface area (Å²) in [5.74, 6) is -0.0769. The lowest BCUT2D eigenvalue weighted by Gasteiger charge is -2.18. The molecular weight excluding hydrogens is 522 g/mol. The largest absolute Gasteiger partial charge is 0.467 e. The van der Waals surface area contributed by atoms with Crippen molar-refractivity contribution in [1.29, 1.82) is 5.26 Å². The number of hydrogen-bond donors (Lipinski definition) is 2. The van der Waals surface area contributed by atoms with Gasteiger partial charge in [-0.1, -0.05) is 42.5 Å². The first-order valence-corrected chi connectivity index (χ1v) is 14.2. The molecule has 1 amide bonds. The Morgan fingerprint density at radius 3 is 2.67 bits per heavy atom. The summed E-state index contributed by atoms with van der Waals surface area (Å²) in [5.41, 5.74) is 5.55. The van der Waals surface area contributed by atoms with Gasteiger partial charge in [-0.15, -0.1) is 0 Å². The number of esters is 1. The Kier molecular flexibility index (Phi) is 9.97. The van der Waals surface area contributed by atoms with Gasteiger partial charge in [0.15, 0.2) is 0 Å². The van der Waals surface area contributed by atoms with Crippen molar-refractivity contribution in [2.24, 2.45) is 0 Å². The lowest BCUT2D eigenvalue weighted by atomic mass is 9.98. The molecular formula is C31H31N5O3S. The number of nitriles is 1. The van der Waals surface area contributed by atoms with Crippen LogP contribution in [-0.2, 0) is 22.6 Å². The summed E-state index contributed by atoms with van der Waals surface area (Å²) in [4.78, 5) is 30.0. The SMILES string of the molecule is COC(=O)[C@H](CCSC)NC(=O)c1ccc(NCc2cncn2Cc2cccc(C#N)c2)cc1-c1ccccc1. The number of rotatable bonds is 12. The zero-order valence-electron chi connectivity index (χ0n) is 22.5. The third-order valence-electron chi connectivity index (χ3n) is 6.43. The lowest BCUT2D eigenvalue weighted by molar-refractivity contribution is -0.142. The van der Waals surface area contributed by atoms with E-state index in [1.807, 2.05) is 77.7 Å². The number of anilines is 1. The maximum absolute atomic E-state index is 13.4. The summed E-state index contributed by atoms with van der Waals surface area (Å²) in [6, 6.07) is 24.2. The molecule has 0 saturated carbocycles. The van der Waals surface area contributed by atoms with E-state index in [2.05, 4.69) is 21.7 Å². The summed E-state index contributed by atoms with van der Waals surface area (Å²) >= 11 is 1.60. The average molecular weight is 554 g/mol. The normalized spacial score (nSPS) is 11.3. The van der Waals surface area contributed by atoms with E-state index in [-0.39, 0.29) is 5.91 Å². The summed E-state index contributed by atoms with van der Waals surface area (Å²) in [6.07, 6.45) is 6.01. The Labute approximate surface area is 238 Å². The van der Waals surface area contributed by atoms with Crippen LogP contribution in [0.4, 0.5) is 5.69 Å². The van der Waals surface area contributed by atoms with Gasteiger partial charge in [-0.25, -0.2) is 9.78 Å². The number of amides is 1. The molecule has 2 N–H and O–H groups in total. The summed E-state index contributed by atoms with van der Waals surface area (Å²) < 4.78 is 6.94. The molecule has 1 heterocycles. The van der Waals surface area contributed by atoms with Crippen molar-refractivity contribution in [3.8, 4) is 17.2 Å². The van der Waals surface area contributed by atoms with Gasteiger partial charge in [-0.05, 0) is 65.5 Å². The van der Waals surface area contributed by atoms with Crippen molar-refractivity contribution < 1.29 is 14.3 Å². The number of thioether (sulfide) groups is 1. The molecule has 0 aliphatic carbocycles. The van der Waals surface area contributed by atoms with Crippen molar-refractivity contribution in [3.63, 3.8) is 0 Å². The fourth-order valence-corrected chi connectivity index (χ4v) is 4.81. The zero-order chi connectivity index (χ0) is 28.3. The third kappa shape index (κ3) is 7.30. The molecule has 8 nitrogen and oxygen atoms in total. The number of carbonyl (C=O) groups is 2. The molecule has 1 atom stereocenters. The molecule has 4 aromatic rings. The van der Waals surface area contributed by atoms with Crippen LogP contribution in [0.15, 0.2) is 85.3 Å². The van der Waals surface area contributed by atoms with Crippen LogP contribution in [0.2, 0.25) is 0 Å². The average Bonchev–Trinajstić information content (AvgIpc) is 3.44. The summed E-state index contributed by atoms with van der Waals surface area (Å²) in [5, 5.41) is 15.5. The quantitative estimate of drug-likeness (QED) is 0.235. The van der Waals surface area contributed by atoms with Crippen LogP contribution in [0.5, 0.6) is 0 Å². The predicted octanol–water partition coefficient (Wildman–Crippen LogP) is 5.11. The van der Waals surface area contributed by atoms with Crippen LogP contribution in [0, 0.1) is 11.3 Å². The van der Waals surface area contributed by atoms with E-state index in [1.165, 1.54) is 7.11 Å². The first-order valence-electron chi connectivity index (χ1n) is 12.8. The van der Waals surface area contributed by atoms with Gasteiger partial charge in [0.25, 0.3) is 5.91 Å². The minimum absolute atomic E-state index is 0.334. The van der Waals surface area contributed by atoms with E-state index < -0.39 is 12.0 Å². The molecule has 0 radical (unpaired) electrons. The summed E-state index contributed by atoms with van der Waals surface area (Å²) in [6.45, 7) is 1.11. The molecule has 204 valence electrons. The number of aromatic nitrogens is 2. The van der Waals surface area contributed by atoms with E-state index in [0.717, 1.165) is 33.8 Å². The number of nitrogens with one attached hydrogen (secondary N) is 2.